The first-order chi connectivity index (χ1) is 11.7. The summed E-state index contributed by atoms with van der Waals surface area (Å²) in [4.78, 5) is 12.2. The smallest absolute Gasteiger partial charge is 0.255 e. The molecule has 2 aromatic carbocycles. The van der Waals surface area contributed by atoms with E-state index in [0.29, 0.717) is 25.3 Å². The molecule has 0 aliphatic carbocycles. The van der Waals surface area contributed by atoms with Gasteiger partial charge in [-0.05, 0) is 42.2 Å². The van der Waals surface area contributed by atoms with Crippen molar-refractivity contribution in [3.05, 3.63) is 42.0 Å². The van der Waals surface area contributed by atoms with Crippen molar-refractivity contribution < 1.29 is 19.4 Å². The van der Waals surface area contributed by atoms with E-state index in [1.54, 1.807) is 12.1 Å². The zero-order chi connectivity index (χ0) is 16.8. The van der Waals surface area contributed by atoms with E-state index < -0.39 is 0 Å². The van der Waals surface area contributed by atoms with E-state index in [2.05, 4.69) is 5.32 Å². The van der Waals surface area contributed by atoms with Crippen LogP contribution in [0.4, 0.5) is 0 Å². The van der Waals surface area contributed by atoms with Gasteiger partial charge in [-0.2, -0.15) is 0 Å². The fraction of sp³-hybridized carbons (Fsp3) is 0.421. The Morgan fingerprint density at radius 1 is 1.29 bits per heavy atom. The Labute approximate surface area is 141 Å². The summed E-state index contributed by atoms with van der Waals surface area (Å²) >= 11 is 0. The molecule has 0 radical (unpaired) electrons. The third kappa shape index (κ3) is 4.24. The van der Waals surface area contributed by atoms with Crippen molar-refractivity contribution in [3.63, 3.8) is 0 Å². The first-order valence-electron chi connectivity index (χ1n) is 8.43. The van der Waals surface area contributed by atoms with Crippen LogP contribution in [0.2, 0.25) is 0 Å². The van der Waals surface area contributed by atoms with Gasteiger partial charge in [0.05, 0.1) is 18.3 Å². The lowest BCUT2D eigenvalue weighted by atomic mass is 10.1. The number of hydrogen-bond acceptors (Lipinski definition) is 4. The lowest BCUT2D eigenvalue weighted by Gasteiger charge is -2.11. The van der Waals surface area contributed by atoms with Gasteiger partial charge < -0.3 is 19.9 Å². The SMILES string of the molecule is O=C(NCCCOCC1CCCO1)c1cc2ccccc2cc1O. The molecule has 1 fully saturated rings. The van der Waals surface area contributed by atoms with Crippen LogP contribution < -0.4 is 5.32 Å². The van der Waals surface area contributed by atoms with Crippen LogP contribution in [0, 0.1) is 0 Å². The van der Waals surface area contributed by atoms with Crippen LogP contribution in [0.3, 0.4) is 0 Å². The van der Waals surface area contributed by atoms with Gasteiger partial charge in [0, 0.05) is 19.8 Å². The number of carbonyl (C=O) groups is 1. The number of rotatable bonds is 7. The molecule has 0 saturated carbocycles. The van der Waals surface area contributed by atoms with Gasteiger partial charge in [0.2, 0.25) is 0 Å². The fourth-order valence-electron chi connectivity index (χ4n) is 2.87. The molecule has 1 saturated heterocycles. The molecule has 3 rings (SSSR count). The molecule has 2 N–H and O–H groups in total. The molecular weight excluding hydrogens is 306 g/mol. The molecule has 2 aromatic rings. The number of fused-ring (bicyclic) bond motifs is 1. The van der Waals surface area contributed by atoms with E-state index in [-0.39, 0.29) is 17.8 Å². The fourth-order valence-corrected chi connectivity index (χ4v) is 2.87. The zero-order valence-electron chi connectivity index (χ0n) is 13.7. The van der Waals surface area contributed by atoms with Gasteiger partial charge in [0.15, 0.2) is 0 Å². The molecule has 1 aliphatic rings. The van der Waals surface area contributed by atoms with Crippen LogP contribution in [0.1, 0.15) is 29.6 Å². The molecule has 128 valence electrons. The van der Waals surface area contributed by atoms with Crippen LogP contribution in [0.25, 0.3) is 10.8 Å². The maximum atomic E-state index is 12.2. The molecule has 1 atom stereocenters. The van der Waals surface area contributed by atoms with Crippen molar-refractivity contribution in [2.45, 2.75) is 25.4 Å². The number of benzene rings is 2. The summed E-state index contributed by atoms with van der Waals surface area (Å²) < 4.78 is 11.0. The van der Waals surface area contributed by atoms with Gasteiger partial charge in [-0.3, -0.25) is 4.79 Å². The molecule has 1 unspecified atom stereocenters. The summed E-state index contributed by atoms with van der Waals surface area (Å²) in [6.45, 7) is 2.55. The Hall–Kier alpha value is -2.11. The quantitative estimate of drug-likeness (QED) is 0.767. The second-order valence-electron chi connectivity index (χ2n) is 6.04. The second kappa shape index (κ2) is 8.13. The van der Waals surface area contributed by atoms with Gasteiger partial charge in [0.1, 0.15) is 5.75 Å². The Morgan fingerprint density at radius 3 is 2.83 bits per heavy atom. The van der Waals surface area contributed by atoms with E-state index in [9.17, 15) is 9.90 Å². The van der Waals surface area contributed by atoms with Crippen molar-refractivity contribution in [3.8, 4) is 5.75 Å². The largest absolute Gasteiger partial charge is 0.507 e. The average Bonchev–Trinajstić information content (AvgIpc) is 3.10. The van der Waals surface area contributed by atoms with E-state index >= 15 is 0 Å². The van der Waals surface area contributed by atoms with Gasteiger partial charge in [-0.1, -0.05) is 24.3 Å². The summed E-state index contributed by atoms with van der Waals surface area (Å²) in [5.74, 6) is -0.266. The normalized spacial score (nSPS) is 17.2. The van der Waals surface area contributed by atoms with Crippen molar-refractivity contribution in [2.75, 3.05) is 26.4 Å². The van der Waals surface area contributed by atoms with E-state index in [4.69, 9.17) is 9.47 Å². The van der Waals surface area contributed by atoms with Crippen molar-refractivity contribution in [1.82, 2.24) is 5.32 Å². The summed E-state index contributed by atoms with van der Waals surface area (Å²) in [6, 6.07) is 11.0. The number of amides is 1. The number of hydrogen-bond donors (Lipinski definition) is 2. The highest BCUT2D eigenvalue weighted by atomic mass is 16.5. The lowest BCUT2D eigenvalue weighted by molar-refractivity contribution is 0.0166. The highest BCUT2D eigenvalue weighted by molar-refractivity contribution is 6.01. The minimum Gasteiger partial charge on any atom is -0.507 e. The maximum Gasteiger partial charge on any atom is 0.255 e. The summed E-state index contributed by atoms with van der Waals surface area (Å²) in [5, 5.41) is 14.7. The number of phenolic OH excluding ortho intramolecular Hbond substituents is 1. The average molecular weight is 329 g/mol. The third-order valence-electron chi connectivity index (χ3n) is 4.19. The maximum absolute atomic E-state index is 12.2. The minimum absolute atomic E-state index is 0.000771. The molecule has 24 heavy (non-hydrogen) atoms. The van der Waals surface area contributed by atoms with Gasteiger partial charge in [-0.25, -0.2) is 0 Å². The Bertz CT molecular complexity index is 695. The topological polar surface area (TPSA) is 67.8 Å². The molecule has 0 bridgehead atoms. The Morgan fingerprint density at radius 2 is 2.08 bits per heavy atom. The molecule has 5 nitrogen and oxygen atoms in total. The second-order valence-corrected chi connectivity index (χ2v) is 6.04. The van der Waals surface area contributed by atoms with Gasteiger partial charge in [-0.15, -0.1) is 0 Å². The number of ether oxygens (including phenoxy) is 2. The van der Waals surface area contributed by atoms with Crippen LogP contribution in [0.5, 0.6) is 5.75 Å². The van der Waals surface area contributed by atoms with Crippen molar-refractivity contribution in [2.24, 2.45) is 0 Å². The van der Waals surface area contributed by atoms with Gasteiger partial charge >= 0.3 is 0 Å². The van der Waals surface area contributed by atoms with Crippen LogP contribution in [-0.4, -0.2) is 43.5 Å². The van der Waals surface area contributed by atoms with Crippen LogP contribution >= 0.6 is 0 Å². The summed E-state index contributed by atoms with van der Waals surface area (Å²) in [6.07, 6.45) is 3.14. The molecule has 0 spiro atoms. The van der Waals surface area contributed by atoms with E-state index in [0.717, 1.165) is 36.6 Å². The third-order valence-corrected chi connectivity index (χ3v) is 4.19. The Balaban J connectivity index is 1.44. The molecule has 1 heterocycles. The highest BCUT2D eigenvalue weighted by Crippen LogP contribution is 2.24. The number of carbonyl (C=O) groups excluding carboxylic acids is 1. The predicted octanol–water partition coefficient (Wildman–Crippen LogP) is 2.86. The number of phenols is 1. The van der Waals surface area contributed by atoms with E-state index in [1.807, 2.05) is 24.3 Å². The zero-order valence-corrected chi connectivity index (χ0v) is 13.7. The molecule has 1 amide bonds. The van der Waals surface area contributed by atoms with Crippen molar-refractivity contribution in [1.29, 1.82) is 0 Å². The number of aromatic hydroxyl groups is 1. The summed E-state index contributed by atoms with van der Waals surface area (Å²) in [5.41, 5.74) is 0.300. The van der Waals surface area contributed by atoms with E-state index in [1.165, 1.54) is 0 Å². The van der Waals surface area contributed by atoms with Gasteiger partial charge in [0.25, 0.3) is 5.91 Å². The molecular formula is C19H23NO4. The van der Waals surface area contributed by atoms with Crippen LogP contribution in [0.15, 0.2) is 36.4 Å². The lowest BCUT2D eigenvalue weighted by Crippen LogP contribution is -2.25. The minimum atomic E-state index is -0.266. The molecule has 1 aliphatic heterocycles. The molecule has 0 aromatic heterocycles. The summed E-state index contributed by atoms with van der Waals surface area (Å²) in [7, 11) is 0. The monoisotopic (exact) mass is 329 g/mol. The molecule has 5 heteroatoms. The van der Waals surface area contributed by atoms with Crippen molar-refractivity contribution >= 4 is 16.7 Å². The van der Waals surface area contributed by atoms with Crippen LogP contribution in [-0.2, 0) is 9.47 Å². The Kier molecular flexibility index (Phi) is 5.67. The predicted molar refractivity (Wildman–Crippen MR) is 92.4 cm³/mol. The highest BCUT2D eigenvalue weighted by Gasteiger charge is 2.15. The first-order valence-corrected chi connectivity index (χ1v) is 8.43. The first kappa shape index (κ1) is 16.7. The standard InChI is InChI=1S/C19H23NO4/c21-18-12-15-6-2-1-5-14(15)11-17(18)19(22)20-8-4-9-23-13-16-7-3-10-24-16/h1-2,5-6,11-12,16,21H,3-4,7-10,13H2,(H,20,22). The number of nitrogens with one attached hydrogen (secondary N) is 1.